The van der Waals surface area contributed by atoms with Gasteiger partial charge < -0.3 is 20.2 Å². The molecule has 1 aromatic carbocycles. The lowest BCUT2D eigenvalue weighted by atomic mass is 9.80. The van der Waals surface area contributed by atoms with E-state index in [1.807, 2.05) is 6.92 Å². The second-order valence-corrected chi connectivity index (χ2v) is 2.71. The summed E-state index contributed by atoms with van der Waals surface area (Å²) in [6, 6.07) is 4.72. The normalized spacial score (nSPS) is 9.71. The molecule has 0 aromatic heterocycles. The molecule has 5 nitrogen and oxygen atoms in total. The van der Waals surface area contributed by atoms with Crippen LogP contribution in [0, 0.1) is 0 Å². The standard InChI is InChI=1S/C8H13BN2O3/c1-2-14-8-4-3-6(9(12)13)5-7(8)11-10/h3-5,11-13H,2,10H2,1H3. The molecular formula is C8H13BN2O3. The zero-order chi connectivity index (χ0) is 10.6. The van der Waals surface area contributed by atoms with Crippen LogP contribution in [0.2, 0.25) is 0 Å². The molecule has 0 atom stereocenters. The maximum Gasteiger partial charge on any atom is 0.488 e. The molecular weight excluding hydrogens is 183 g/mol. The zero-order valence-electron chi connectivity index (χ0n) is 7.90. The van der Waals surface area contributed by atoms with Crippen LogP contribution in [0.1, 0.15) is 6.92 Å². The summed E-state index contributed by atoms with van der Waals surface area (Å²) < 4.78 is 5.26. The Balaban J connectivity index is 2.98. The Kier molecular flexibility index (Phi) is 3.76. The highest BCUT2D eigenvalue weighted by atomic mass is 16.5. The first-order chi connectivity index (χ1) is 6.69. The highest BCUT2D eigenvalue weighted by Crippen LogP contribution is 2.21. The van der Waals surface area contributed by atoms with Gasteiger partial charge in [0.15, 0.2) is 0 Å². The third-order valence-electron chi connectivity index (χ3n) is 1.76. The van der Waals surface area contributed by atoms with E-state index in [0.717, 1.165) is 0 Å². The largest absolute Gasteiger partial charge is 0.492 e. The van der Waals surface area contributed by atoms with Gasteiger partial charge in [-0.25, -0.2) is 0 Å². The van der Waals surface area contributed by atoms with Crippen molar-refractivity contribution < 1.29 is 14.8 Å². The van der Waals surface area contributed by atoms with Gasteiger partial charge >= 0.3 is 7.12 Å². The molecule has 0 radical (unpaired) electrons. The van der Waals surface area contributed by atoms with Crippen LogP contribution >= 0.6 is 0 Å². The van der Waals surface area contributed by atoms with Gasteiger partial charge in [-0.15, -0.1) is 0 Å². The van der Waals surface area contributed by atoms with Crippen LogP contribution in [0.3, 0.4) is 0 Å². The molecule has 0 saturated carbocycles. The molecule has 0 aliphatic rings. The van der Waals surface area contributed by atoms with E-state index in [9.17, 15) is 0 Å². The lowest BCUT2D eigenvalue weighted by Crippen LogP contribution is -2.30. The smallest absolute Gasteiger partial charge is 0.488 e. The van der Waals surface area contributed by atoms with Crippen molar-refractivity contribution in [3.05, 3.63) is 18.2 Å². The maximum absolute atomic E-state index is 8.91. The van der Waals surface area contributed by atoms with Gasteiger partial charge in [-0.05, 0) is 24.5 Å². The number of ether oxygens (including phenoxy) is 1. The van der Waals surface area contributed by atoms with E-state index in [1.54, 1.807) is 12.1 Å². The first kappa shape index (κ1) is 10.8. The van der Waals surface area contributed by atoms with Gasteiger partial charge in [0.25, 0.3) is 0 Å². The molecule has 0 spiro atoms. The minimum absolute atomic E-state index is 0.362. The van der Waals surface area contributed by atoms with E-state index in [2.05, 4.69) is 5.43 Å². The van der Waals surface area contributed by atoms with Crippen LogP contribution in [0.5, 0.6) is 5.75 Å². The Bertz CT molecular complexity index is 307. The number of hydrogen-bond donors (Lipinski definition) is 4. The molecule has 5 N–H and O–H groups in total. The molecule has 0 aliphatic heterocycles. The van der Waals surface area contributed by atoms with Crippen molar-refractivity contribution in [1.29, 1.82) is 0 Å². The molecule has 0 amide bonds. The molecule has 0 aliphatic carbocycles. The molecule has 14 heavy (non-hydrogen) atoms. The summed E-state index contributed by atoms with van der Waals surface area (Å²) in [5.41, 5.74) is 3.32. The second-order valence-electron chi connectivity index (χ2n) is 2.71. The Hall–Kier alpha value is -1.24. The topological polar surface area (TPSA) is 87.7 Å². The van der Waals surface area contributed by atoms with Gasteiger partial charge in [0, 0.05) is 0 Å². The fourth-order valence-electron chi connectivity index (χ4n) is 1.10. The first-order valence-electron chi connectivity index (χ1n) is 4.28. The van der Waals surface area contributed by atoms with Gasteiger partial charge in [-0.2, -0.15) is 0 Å². The van der Waals surface area contributed by atoms with E-state index in [4.69, 9.17) is 20.6 Å². The Morgan fingerprint density at radius 2 is 2.21 bits per heavy atom. The van der Waals surface area contributed by atoms with Crippen molar-refractivity contribution in [2.24, 2.45) is 5.84 Å². The maximum atomic E-state index is 8.91. The lowest BCUT2D eigenvalue weighted by molar-refractivity contribution is 0.342. The van der Waals surface area contributed by atoms with Crippen LogP contribution < -0.4 is 21.5 Å². The van der Waals surface area contributed by atoms with Crippen molar-refractivity contribution >= 4 is 18.3 Å². The summed E-state index contributed by atoms with van der Waals surface area (Å²) in [6.07, 6.45) is 0. The first-order valence-corrected chi connectivity index (χ1v) is 4.28. The highest BCUT2D eigenvalue weighted by Gasteiger charge is 2.13. The second kappa shape index (κ2) is 4.85. The fraction of sp³-hybridized carbons (Fsp3) is 0.250. The van der Waals surface area contributed by atoms with Gasteiger partial charge in [0.2, 0.25) is 0 Å². The molecule has 76 valence electrons. The van der Waals surface area contributed by atoms with E-state index >= 15 is 0 Å². The predicted octanol–water partition coefficient (Wildman–Crippen LogP) is -0.949. The summed E-state index contributed by atoms with van der Waals surface area (Å²) in [4.78, 5) is 0. The molecule has 0 heterocycles. The molecule has 0 unspecified atom stereocenters. The molecule has 0 fully saturated rings. The van der Waals surface area contributed by atoms with Crippen molar-refractivity contribution in [3.8, 4) is 5.75 Å². The van der Waals surface area contributed by atoms with Crippen LogP contribution in [0.15, 0.2) is 18.2 Å². The van der Waals surface area contributed by atoms with Crippen LogP contribution in [0.4, 0.5) is 5.69 Å². The van der Waals surface area contributed by atoms with Crippen molar-refractivity contribution in [1.82, 2.24) is 0 Å². The summed E-state index contributed by atoms with van der Waals surface area (Å²) in [7, 11) is -1.50. The number of nitrogen functional groups attached to an aromatic ring is 1. The zero-order valence-corrected chi connectivity index (χ0v) is 7.90. The Labute approximate surface area is 82.6 Å². The van der Waals surface area contributed by atoms with E-state index in [1.165, 1.54) is 6.07 Å². The molecule has 1 aromatic rings. The SMILES string of the molecule is CCOc1ccc(B(O)O)cc1NN. The van der Waals surface area contributed by atoms with Gasteiger partial charge in [-0.1, -0.05) is 6.07 Å². The number of hydrogen-bond acceptors (Lipinski definition) is 5. The Morgan fingerprint density at radius 1 is 1.50 bits per heavy atom. The highest BCUT2D eigenvalue weighted by molar-refractivity contribution is 6.58. The summed E-state index contributed by atoms with van der Waals surface area (Å²) >= 11 is 0. The van der Waals surface area contributed by atoms with Crippen LogP contribution in [-0.4, -0.2) is 23.8 Å². The summed E-state index contributed by atoms with van der Waals surface area (Å²) in [6.45, 7) is 2.38. The quantitative estimate of drug-likeness (QED) is 0.283. The van der Waals surface area contributed by atoms with E-state index < -0.39 is 7.12 Å². The van der Waals surface area contributed by atoms with Crippen molar-refractivity contribution in [2.75, 3.05) is 12.0 Å². The molecule has 0 bridgehead atoms. The van der Waals surface area contributed by atoms with Gasteiger partial charge in [0.05, 0.1) is 12.3 Å². The Morgan fingerprint density at radius 3 is 2.71 bits per heavy atom. The number of benzene rings is 1. The average molecular weight is 196 g/mol. The average Bonchev–Trinajstić information content (AvgIpc) is 2.18. The van der Waals surface area contributed by atoms with Crippen molar-refractivity contribution in [2.45, 2.75) is 6.92 Å². The molecule has 0 saturated heterocycles. The van der Waals surface area contributed by atoms with Crippen LogP contribution in [-0.2, 0) is 0 Å². The molecule has 1 rings (SSSR count). The monoisotopic (exact) mass is 196 g/mol. The predicted molar refractivity (Wildman–Crippen MR) is 55.2 cm³/mol. The van der Waals surface area contributed by atoms with Gasteiger partial charge in [0.1, 0.15) is 5.75 Å². The third-order valence-corrected chi connectivity index (χ3v) is 1.76. The lowest BCUT2D eigenvalue weighted by Gasteiger charge is -2.10. The number of anilines is 1. The molecule has 6 heteroatoms. The van der Waals surface area contributed by atoms with E-state index in [0.29, 0.717) is 23.5 Å². The number of nitrogens with one attached hydrogen (secondary N) is 1. The van der Waals surface area contributed by atoms with Gasteiger partial charge in [-0.3, -0.25) is 5.84 Å². The van der Waals surface area contributed by atoms with Crippen LogP contribution in [0.25, 0.3) is 0 Å². The summed E-state index contributed by atoms with van der Waals surface area (Å²) in [5.74, 6) is 5.84. The van der Waals surface area contributed by atoms with E-state index in [-0.39, 0.29) is 0 Å². The number of rotatable bonds is 4. The minimum Gasteiger partial charge on any atom is -0.492 e. The fourth-order valence-corrected chi connectivity index (χ4v) is 1.10. The van der Waals surface area contributed by atoms with Crippen molar-refractivity contribution in [3.63, 3.8) is 0 Å². The number of hydrazine groups is 1. The summed E-state index contributed by atoms with van der Waals surface area (Å²) in [5, 5.41) is 17.8. The minimum atomic E-state index is -1.50. The third kappa shape index (κ3) is 2.38. The number of nitrogens with two attached hydrogens (primary N) is 1.